The Bertz CT molecular complexity index is 416. The summed E-state index contributed by atoms with van der Waals surface area (Å²) in [7, 11) is -0.0703. The van der Waals surface area contributed by atoms with Gasteiger partial charge in [-0.25, -0.2) is 0 Å². The summed E-state index contributed by atoms with van der Waals surface area (Å²) in [6.07, 6.45) is 5.24. The van der Waals surface area contributed by atoms with Gasteiger partial charge in [0, 0.05) is 5.56 Å². The number of hydrogen-bond acceptors (Lipinski definition) is 1. The Kier molecular flexibility index (Phi) is 3.46. The average molecular weight is 232 g/mol. The van der Waals surface area contributed by atoms with Crippen LogP contribution in [-0.2, 0) is 0 Å². The topological polar surface area (TPSA) is 20.2 Å². The monoisotopic (exact) mass is 232 g/mol. The fourth-order valence-electron chi connectivity index (χ4n) is 2.14. The van der Waals surface area contributed by atoms with E-state index in [1.807, 2.05) is 24.3 Å². The molecule has 0 unspecified atom stereocenters. The number of aliphatic hydroxyl groups is 1. The molecule has 1 saturated heterocycles. The third-order valence-electron chi connectivity index (χ3n) is 3.04. The van der Waals surface area contributed by atoms with Crippen LogP contribution in [0.2, 0.25) is 0 Å². The number of hydrogen-bond donors (Lipinski definition) is 1. The maximum absolute atomic E-state index is 9.57. The number of benzene rings is 1. The Morgan fingerprint density at radius 1 is 1.06 bits per heavy atom. The lowest BCUT2D eigenvalue weighted by Crippen LogP contribution is -1.91. The quantitative estimate of drug-likeness (QED) is 0.602. The van der Waals surface area contributed by atoms with Crippen LogP contribution in [0.1, 0.15) is 24.0 Å². The zero-order valence-electron chi connectivity index (χ0n) is 9.45. The van der Waals surface area contributed by atoms with Crippen molar-refractivity contribution in [3.63, 3.8) is 0 Å². The zero-order valence-corrected chi connectivity index (χ0v) is 10.3. The van der Waals surface area contributed by atoms with Crippen LogP contribution in [0, 0.1) is 0 Å². The highest BCUT2D eigenvalue weighted by molar-refractivity contribution is 7.68. The first-order valence-corrected chi connectivity index (χ1v) is 7.33. The lowest BCUT2D eigenvalue weighted by atomic mass is 10.1. The molecule has 0 radical (unpaired) electrons. The van der Waals surface area contributed by atoms with Gasteiger partial charge in [-0.1, -0.05) is 45.3 Å². The Morgan fingerprint density at radius 2 is 1.62 bits per heavy atom. The molecule has 84 valence electrons. The van der Waals surface area contributed by atoms with Crippen molar-refractivity contribution < 1.29 is 5.11 Å². The van der Waals surface area contributed by atoms with E-state index in [1.165, 1.54) is 30.5 Å². The Hall–Kier alpha value is -1.07. The van der Waals surface area contributed by atoms with Crippen molar-refractivity contribution in [2.24, 2.45) is 0 Å². The molecule has 1 aliphatic rings. The van der Waals surface area contributed by atoms with Crippen molar-refractivity contribution in [1.29, 1.82) is 0 Å². The van der Waals surface area contributed by atoms with Crippen molar-refractivity contribution in [3.8, 4) is 0 Å². The highest BCUT2D eigenvalue weighted by atomic mass is 31.1. The van der Waals surface area contributed by atoms with Crippen molar-refractivity contribution >= 4 is 19.0 Å². The van der Waals surface area contributed by atoms with Crippen LogP contribution in [-0.4, -0.2) is 17.4 Å². The summed E-state index contributed by atoms with van der Waals surface area (Å²) >= 11 is 0. The molecule has 1 heterocycles. The molecule has 0 bridgehead atoms. The summed E-state index contributed by atoms with van der Waals surface area (Å²) in [5.41, 5.74) is 1.92. The van der Waals surface area contributed by atoms with Gasteiger partial charge < -0.3 is 5.11 Å². The van der Waals surface area contributed by atoms with E-state index in [1.54, 1.807) is 0 Å². The van der Waals surface area contributed by atoms with E-state index in [4.69, 9.17) is 0 Å². The van der Waals surface area contributed by atoms with Crippen LogP contribution in [0.15, 0.2) is 37.4 Å². The van der Waals surface area contributed by atoms with Crippen LogP contribution >= 0.6 is 7.92 Å². The Balaban J connectivity index is 2.32. The molecular weight excluding hydrogens is 215 g/mol. The van der Waals surface area contributed by atoms with E-state index < -0.39 is 0 Å². The van der Waals surface area contributed by atoms with Gasteiger partial charge in [0.05, 0.1) is 0 Å². The van der Waals surface area contributed by atoms with Crippen LogP contribution in [0.4, 0.5) is 0 Å². The van der Waals surface area contributed by atoms with Gasteiger partial charge in [0.1, 0.15) is 5.76 Å². The smallest absolute Gasteiger partial charge is 0.116 e. The molecule has 0 aromatic heterocycles. The summed E-state index contributed by atoms with van der Waals surface area (Å²) in [5, 5.41) is 10.8. The summed E-state index contributed by atoms with van der Waals surface area (Å²) in [4.78, 5) is 0. The SMILES string of the molecule is C=C(O)c1ccccc1C(=C)P1CCCC1. The van der Waals surface area contributed by atoms with E-state index in [-0.39, 0.29) is 13.7 Å². The fourth-order valence-corrected chi connectivity index (χ4v) is 4.65. The minimum atomic E-state index is -0.0703. The van der Waals surface area contributed by atoms with Gasteiger partial charge in [-0.3, -0.25) is 0 Å². The summed E-state index contributed by atoms with van der Waals surface area (Å²) < 4.78 is 0. The van der Waals surface area contributed by atoms with Crippen LogP contribution in [0.3, 0.4) is 0 Å². The van der Waals surface area contributed by atoms with Gasteiger partial charge in [0.2, 0.25) is 0 Å². The van der Waals surface area contributed by atoms with Gasteiger partial charge in [0.15, 0.2) is 0 Å². The predicted octanol–water partition coefficient (Wildman–Crippen LogP) is 4.46. The first-order valence-electron chi connectivity index (χ1n) is 5.61. The van der Waals surface area contributed by atoms with Crippen LogP contribution in [0.25, 0.3) is 11.1 Å². The molecule has 0 spiro atoms. The Morgan fingerprint density at radius 3 is 2.19 bits per heavy atom. The molecule has 0 saturated carbocycles. The molecule has 1 aromatic rings. The molecule has 1 aliphatic heterocycles. The molecule has 2 heteroatoms. The molecular formula is C14H17OP. The predicted molar refractivity (Wildman–Crippen MR) is 73.0 cm³/mol. The minimum Gasteiger partial charge on any atom is -0.508 e. The summed E-state index contributed by atoms with van der Waals surface area (Å²) in [5.74, 6) is 0.144. The normalized spacial score (nSPS) is 16.2. The van der Waals surface area contributed by atoms with E-state index in [0.29, 0.717) is 0 Å². The lowest BCUT2D eigenvalue weighted by molar-refractivity contribution is 0.513. The maximum Gasteiger partial charge on any atom is 0.116 e. The van der Waals surface area contributed by atoms with Crippen molar-refractivity contribution in [1.82, 2.24) is 0 Å². The molecule has 0 amide bonds. The lowest BCUT2D eigenvalue weighted by Gasteiger charge is -2.16. The van der Waals surface area contributed by atoms with Gasteiger partial charge in [0.25, 0.3) is 0 Å². The molecule has 16 heavy (non-hydrogen) atoms. The van der Waals surface area contributed by atoms with E-state index in [9.17, 15) is 5.11 Å². The van der Waals surface area contributed by atoms with Crippen molar-refractivity contribution in [2.45, 2.75) is 12.8 Å². The number of rotatable bonds is 3. The first kappa shape index (κ1) is 11.4. The van der Waals surface area contributed by atoms with Crippen LogP contribution in [0.5, 0.6) is 0 Å². The molecule has 0 aliphatic carbocycles. The molecule has 2 rings (SSSR count). The minimum absolute atomic E-state index is 0.0703. The third kappa shape index (κ3) is 2.20. The van der Waals surface area contributed by atoms with Crippen LogP contribution < -0.4 is 0 Å². The molecule has 1 nitrogen and oxygen atoms in total. The van der Waals surface area contributed by atoms with Crippen molar-refractivity contribution in [2.75, 3.05) is 12.3 Å². The standard InChI is InChI=1S/C14H17OP/c1-11(15)13-7-3-4-8-14(13)12(2)16-9-5-6-10-16/h3-4,7-8,15H,1-2,5-6,9-10H2. The fraction of sp³-hybridized carbons (Fsp3) is 0.286. The van der Waals surface area contributed by atoms with E-state index in [2.05, 4.69) is 13.2 Å². The van der Waals surface area contributed by atoms with Gasteiger partial charge in [-0.15, -0.1) is 0 Å². The Labute approximate surface area is 98.3 Å². The molecule has 1 N–H and O–H groups in total. The molecule has 1 fully saturated rings. The molecule has 1 aromatic carbocycles. The highest BCUT2D eigenvalue weighted by Gasteiger charge is 2.20. The third-order valence-corrected chi connectivity index (χ3v) is 5.75. The largest absolute Gasteiger partial charge is 0.508 e. The van der Waals surface area contributed by atoms with Crippen molar-refractivity contribution in [3.05, 3.63) is 48.6 Å². The van der Waals surface area contributed by atoms with Gasteiger partial charge >= 0.3 is 0 Å². The second-order valence-electron chi connectivity index (χ2n) is 4.13. The zero-order chi connectivity index (χ0) is 11.5. The maximum atomic E-state index is 9.57. The van der Waals surface area contributed by atoms with E-state index in [0.717, 1.165) is 11.1 Å². The summed E-state index contributed by atoms with van der Waals surface area (Å²) in [6, 6.07) is 7.88. The summed E-state index contributed by atoms with van der Waals surface area (Å²) in [6.45, 7) is 7.84. The first-order chi connectivity index (χ1) is 7.70. The molecule has 0 atom stereocenters. The second kappa shape index (κ2) is 4.84. The van der Waals surface area contributed by atoms with Gasteiger partial charge in [-0.05, 0) is 36.0 Å². The second-order valence-corrected chi connectivity index (χ2v) is 6.65. The van der Waals surface area contributed by atoms with E-state index >= 15 is 0 Å². The van der Waals surface area contributed by atoms with Gasteiger partial charge in [-0.2, -0.15) is 0 Å². The average Bonchev–Trinajstić information content (AvgIpc) is 2.81. The number of aliphatic hydroxyl groups excluding tert-OH is 1. The highest BCUT2D eigenvalue weighted by Crippen LogP contribution is 2.55.